The highest BCUT2D eigenvalue weighted by molar-refractivity contribution is 5.47. The molecule has 2 aromatic heterocycles. The maximum absolute atomic E-state index is 5.06. The van der Waals surface area contributed by atoms with Crippen molar-refractivity contribution in [2.24, 2.45) is 0 Å². The predicted molar refractivity (Wildman–Crippen MR) is 76.6 cm³/mol. The molecule has 0 aliphatic rings. The van der Waals surface area contributed by atoms with E-state index >= 15 is 0 Å². The fourth-order valence-electron chi connectivity index (χ4n) is 1.67. The summed E-state index contributed by atoms with van der Waals surface area (Å²) in [5.74, 6) is 3.57. The summed E-state index contributed by atoms with van der Waals surface area (Å²) in [7, 11) is 0. The van der Waals surface area contributed by atoms with Crippen molar-refractivity contribution in [3.05, 3.63) is 23.6 Å². The number of aromatic nitrogens is 4. The molecule has 0 amide bonds. The summed E-state index contributed by atoms with van der Waals surface area (Å²) in [6, 6.07) is 1.89. The van der Waals surface area contributed by atoms with Crippen molar-refractivity contribution < 1.29 is 4.52 Å². The molecule has 0 fully saturated rings. The van der Waals surface area contributed by atoms with Gasteiger partial charge in [-0.15, -0.1) is 0 Å². The maximum Gasteiger partial charge on any atom is 0.245 e. The van der Waals surface area contributed by atoms with E-state index in [-0.39, 0.29) is 0 Å². The molecule has 0 bridgehead atoms. The number of nitrogens with zero attached hydrogens (tertiary/aromatic N) is 4. The quantitative estimate of drug-likeness (QED) is 0.801. The highest BCUT2D eigenvalue weighted by Gasteiger charge is 2.06. The number of aryl methyl sites for hydroxylation is 2. The SMILES string of the molecule is CCCNc1cc(NCc2nc(C)no2)nc(CC)n1. The Hall–Kier alpha value is -2.18. The topological polar surface area (TPSA) is 88.8 Å². The maximum atomic E-state index is 5.06. The molecule has 2 N–H and O–H groups in total. The van der Waals surface area contributed by atoms with Crippen molar-refractivity contribution in [3.8, 4) is 0 Å². The molecule has 2 rings (SSSR count). The van der Waals surface area contributed by atoms with Crippen LogP contribution in [0.15, 0.2) is 10.6 Å². The zero-order chi connectivity index (χ0) is 14.4. The molecule has 2 heterocycles. The molecule has 0 saturated heterocycles. The normalized spacial score (nSPS) is 10.6. The minimum Gasteiger partial charge on any atom is -0.370 e. The third-order valence-corrected chi connectivity index (χ3v) is 2.64. The molecule has 0 aromatic carbocycles. The van der Waals surface area contributed by atoms with Crippen LogP contribution in [0.25, 0.3) is 0 Å². The second-order valence-electron chi connectivity index (χ2n) is 4.42. The van der Waals surface area contributed by atoms with Crippen LogP contribution in [-0.4, -0.2) is 26.7 Å². The van der Waals surface area contributed by atoms with Gasteiger partial charge in [-0.2, -0.15) is 4.98 Å². The van der Waals surface area contributed by atoms with Gasteiger partial charge in [-0.25, -0.2) is 9.97 Å². The van der Waals surface area contributed by atoms with Crippen LogP contribution in [0.1, 0.15) is 37.8 Å². The van der Waals surface area contributed by atoms with Crippen LogP contribution in [0.3, 0.4) is 0 Å². The summed E-state index contributed by atoms with van der Waals surface area (Å²) >= 11 is 0. The van der Waals surface area contributed by atoms with Crippen molar-refractivity contribution >= 4 is 11.6 Å². The minimum atomic E-state index is 0.453. The molecule has 0 atom stereocenters. The standard InChI is InChI=1S/C13H20N6O/c1-4-6-14-11-7-12(18-10(5-2)17-11)15-8-13-16-9(3)19-20-13/h7H,4-6,8H2,1-3H3,(H2,14,15,17,18). The molecule has 0 spiro atoms. The second-order valence-corrected chi connectivity index (χ2v) is 4.42. The number of hydrogen-bond donors (Lipinski definition) is 2. The lowest BCUT2D eigenvalue weighted by Crippen LogP contribution is -2.08. The van der Waals surface area contributed by atoms with E-state index in [4.69, 9.17) is 4.52 Å². The first-order valence-electron chi connectivity index (χ1n) is 6.86. The van der Waals surface area contributed by atoms with E-state index in [1.807, 2.05) is 13.0 Å². The average Bonchev–Trinajstić information content (AvgIpc) is 2.88. The van der Waals surface area contributed by atoms with Crippen LogP contribution in [0, 0.1) is 6.92 Å². The van der Waals surface area contributed by atoms with E-state index in [0.717, 1.165) is 36.8 Å². The molecule has 7 heteroatoms. The largest absolute Gasteiger partial charge is 0.370 e. The van der Waals surface area contributed by atoms with Gasteiger partial charge in [0.05, 0.1) is 6.54 Å². The summed E-state index contributed by atoms with van der Waals surface area (Å²) in [4.78, 5) is 13.0. The lowest BCUT2D eigenvalue weighted by Gasteiger charge is -2.09. The molecule has 108 valence electrons. The Morgan fingerprint density at radius 2 is 1.85 bits per heavy atom. The molecule has 0 radical (unpaired) electrons. The first kappa shape index (κ1) is 14.2. The number of anilines is 2. The van der Waals surface area contributed by atoms with Gasteiger partial charge < -0.3 is 15.2 Å². The van der Waals surface area contributed by atoms with Gasteiger partial charge in [0.15, 0.2) is 5.82 Å². The molecular formula is C13H20N6O. The van der Waals surface area contributed by atoms with E-state index in [1.54, 1.807) is 6.92 Å². The number of nitrogens with one attached hydrogen (secondary N) is 2. The Kier molecular flexibility index (Phi) is 4.86. The predicted octanol–water partition coefficient (Wildman–Crippen LogP) is 2.16. The molecule has 0 aliphatic carbocycles. The molecule has 0 unspecified atom stereocenters. The van der Waals surface area contributed by atoms with Crippen molar-refractivity contribution in [1.82, 2.24) is 20.1 Å². The lowest BCUT2D eigenvalue weighted by atomic mass is 10.4. The van der Waals surface area contributed by atoms with Gasteiger partial charge >= 0.3 is 0 Å². The number of rotatable bonds is 7. The van der Waals surface area contributed by atoms with Crippen LogP contribution in [0.5, 0.6) is 0 Å². The molecule has 0 saturated carbocycles. The van der Waals surface area contributed by atoms with Gasteiger partial charge in [0.1, 0.15) is 17.5 Å². The second kappa shape index (κ2) is 6.83. The van der Waals surface area contributed by atoms with Crippen molar-refractivity contribution in [2.75, 3.05) is 17.2 Å². The number of hydrogen-bond acceptors (Lipinski definition) is 7. The minimum absolute atomic E-state index is 0.453. The molecular weight excluding hydrogens is 256 g/mol. The Balaban J connectivity index is 2.05. The van der Waals surface area contributed by atoms with Gasteiger partial charge in [0.2, 0.25) is 5.89 Å². The Bertz CT molecular complexity index is 554. The summed E-state index contributed by atoms with van der Waals surface area (Å²) in [5.41, 5.74) is 0. The Morgan fingerprint density at radius 1 is 1.10 bits per heavy atom. The first-order chi connectivity index (χ1) is 9.71. The van der Waals surface area contributed by atoms with Crippen molar-refractivity contribution in [2.45, 2.75) is 40.2 Å². The summed E-state index contributed by atoms with van der Waals surface area (Å²) in [5, 5.41) is 10.2. The van der Waals surface area contributed by atoms with Gasteiger partial charge in [0.25, 0.3) is 0 Å². The summed E-state index contributed by atoms with van der Waals surface area (Å²) < 4.78 is 5.06. The third-order valence-electron chi connectivity index (χ3n) is 2.64. The summed E-state index contributed by atoms with van der Waals surface area (Å²) in [6.07, 6.45) is 1.84. The molecule has 0 aliphatic heterocycles. The highest BCUT2D eigenvalue weighted by Crippen LogP contribution is 2.13. The fraction of sp³-hybridized carbons (Fsp3) is 0.538. The molecule has 2 aromatic rings. The van der Waals surface area contributed by atoms with E-state index in [2.05, 4.69) is 37.7 Å². The van der Waals surface area contributed by atoms with E-state index in [1.165, 1.54) is 0 Å². The highest BCUT2D eigenvalue weighted by atomic mass is 16.5. The Labute approximate surface area is 118 Å². The van der Waals surface area contributed by atoms with Crippen molar-refractivity contribution in [1.29, 1.82) is 0 Å². The molecule has 20 heavy (non-hydrogen) atoms. The van der Waals surface area contributed by atoms with Crippen molar-refractivity contribution in [3.63, 3.8) is 0 Å². The molecule has 7 nitrogen and oxygen atoms in total. The van der Waals surface area contributed by atoms with Gasteiger partial charge in [-0.05, 0) is 13.3 Å². The van der Waals surface area contributed by atoms with Gasteiger partial charge in [-0.1, -0.05) is 19.0 Å². The van der Waals surface area contributed by atoms with Crippen LogP contribution >= 0.6 is 0 Å². The van der Waals surface area contributed by atoms with Crippen LogP contribution in [0.4, 0.5) is 11.6 Å². The third kappa shape index (κ3) is 3.91. The van der Waals surface area contributed by atoms with Crippen LogP contribution < -0.4 is 10.6 Å². The monoisotopic (exact) mass is 276 g/mol. The zero-order valence-electron chi connectivity index (χ0n) is 12.1. The van der Waals surface area contributed by atoms with E-state index in [9.17, 15) is 0 Å². The van der Waals surface area contributed by atoms with Crippen LogP contribution in [-0.2, 0) is 13.0 Å². The zero-order valence-corrected chi connectivity index (χ0v) is 12.1. The van der Waals surface area contributed by atoms with Gasteiger partial charge in [0, 0.05) is 19.0 Å². The van der Waals surface area contributed by atoms with E-state index in [0.29, 0.717) is 18.3 Å². The fourth-order valence-corrected chi connectivity index (χ4v) is 1.67. The lowest BCUT2D eigenvalue weighted by molar-refractivity contribution is 0.379. The Morgan fingerprint density at radius 3 is 2.45 bits per heavy atom. The van der Waals surface area contributed by atoms with Crippen LogP contribution in [0.2, 0.25) is 0 Å². The van der Waals surface area contributed by atoms with E-state index < -0.39 is 0 Å². The smallest absolute Gasteiger partial charge is 0.245 e. The average molecular weight is 276 g/mol. The summed E-state index contributed by atoms with van der Waals surface area (Å²) in [6.45, 7) is 7.28. The van der Waals surface area contributed by atoms with Gasteiger partial charge in [-0.3, -0.25) is 0 Å². The first-order valence-corrected chi connectivity index (χ1v) is 6.86.